The van der Waals surface area contributed by atoms with E-state index in [1.54, 1.807) is 12.1 Å². The molecule has 2 aliphatic rings. The van der Waals surface area contributed by atoms with Crippen molar-refractivity contribution in [2.24, 2.45) is 0 Å². The number of nitrogens with zero attached hydrogens (tertiary/aromatic N) is 2. The summed E-state index contributed by atoms with van der Waals surface area (Å²) >= 11 is 12.8. The zero-order valence-corrected chi connectivity index (χ0v) is 22.5. The Bertz CT molecular complexity index is 1300. The molecule has 1 fully saturated rings. The molecule has 0 saturated heterocycles. The Morgan fingerprint density at radius 2 is 2.03 bits per heavy atom. The maximum Gasteiger partial charge on any atom is 0.145 e. The van der Waals surface area contributed by atoms with Crippen LogP contribution < -0.4 is 15.4 Å². The lowest BCUT2D eigenvalue weighted by atomic mass is 10.0. The first-order valence-electron chi connectivity index (χ1n) is 12.3. The van der Waals surface area contributed by atoms with Gasteiger partial charge >= 0.3 is 0 Å². The van der Waals surface area contributed by atoms with Crippen LogP contribution in [0.2, 0.25) is 10.0 Å². The summed E-state index contributed by atoms with van der Waals surface area (Å²) in [6.07, 6.45) is 9.64. The van der Waals surface area contributed by atoms with Crippen molar-refractivity contribution >= 4 is 40.7 Å². The number of aldehydes is 1. The van der Waals surface area contributed by atoms with E-state index in [1.165, 1.54) is 5.57 Å². The molecule has 0 bridgehead atoms. The lowest BCUT2D eigenvalue weighted by Crippen LogP contribution is -2.47. The fraction of sp³-hybridized carbons (Fsp3) is 0.310. The lowest BCUT2D eigenvalue weighted by Gasteiger charge is -2.38. The van der Waals surface area contributed by atoms with Crippen LogP contribution in [0.1, 0.15) is 44.2 Å². The Balaban J connectivity index is 1.43. The van der Waals surface area contributed by atoms with Crippen LogP contribution in [0.15, 0.2) is 66.1 Å². The van der Waals surface area contributed by atoms with Crippen LogP contribution in [-0.4, -0.2) is 36.4 Å². The number of halogens is 2. The Hall–Kier alpha value is -3.40. The van der Waals surface area contributed by atoms with Crippen LogP contribution in [0.25, 0.3) is 5.57 Å². The third-order valence-electron chi connectivity index (χ3n) is 6.31. The molecule has 2 aromatic rings. The SMILES string of the molecule is CC(C)(C=O)N(CCCOc1ccc(C2=CCNC=C2)cc1Cl)C(Nc1ccc(C#N)c(Cl)c1)=C1CC1. The second-order valence-corrected chi connectivity index (χ2v) is 10.4. The number of dihydropyridines is 1. The molecule has 0 unspecified atom stereocenters. The molecule has 0 atom stereocenters. The van der Waals surface area contributed by atoms with E-state index in [0.717, 1.165) is 48.3 Å². The molecule has 0 radical (unpaired) electrons. The summed E-state index contributed by atoms with van der Waals surface area (Å²) in [4.78, 5) is 14.1. The highest BCUT2D eigenvalue weighted by Gasteiger charge is 2.32. The van der Waals surface area contributed by atoms with Crippen LogP contribution in [0.5, 0.6) is 5.75 Å². The average Bonchev–Trinajstić information content (AvgIpc) is 3.74. The van der Waals surface area contributed by atoms with Crippen LogP contribution in [0.3, 0.4) is 0 Å². The minimum Gasteiger partial charge on any atom is -0.492 e. The number of benzene rings is 2. The Morgan fingerprint density at radius 1 is 1.22 bits per heavy atom. The molecule has 0 amide bonds. The Morgan fingerprint density at radius 3 is 2.65 bits per heavy atom. The van der Waals surface area contributed by atoms with Crippen molar-refractivity contribution in [3.63, 3.8) is 0 Å². The van der Waals surface area contributed by atoms with Gasteiger partial charge in [-0.3, -0.25) is 0 Å². The number of allylic oxidation sites excluding steroid dienone is 3. The molecular formula is C29H30Cl2N4O2. The highest BCUT2D eigenvalue weighted by molar-refractivity contribution is 6.32. The molecule has 0 aromatic heterocycles. The van der Waals surface area contributed by atoms with Crippen molar-refractivity contribution in [2.45, 2.75) is 38.6 Å². The zero-order chi connectivity index (χ0) is 26.4. The quantitative estimate of drug-likeness (QED) is 0.251. The fourth-order valence-corrected chi connectivity index (χ4v) is 4.55. The first kappa shape index (κ1) is 26.7. The largest absolute Gasteiger partial charge is 0.492 e. The molecule has 0 spiro atoms. The second kappa shape index (κ2) is 11.8. The van der Waals surface area contributed by atoms with Gasteiger partial charge in [0.1, 0.15) is 23.9 Å². The smallest absolute Gasteiger partial charge is 0.145 e. The summed E-state index contributed by atoms with van der Waals surface area (Å²) in [6, 6.07) is 13.2. The average molecular weight is 537 g/mol. The zero-order valence-electron chi connectivity index (χ0n) is 21.0. The number of anilines is 1. The monoisotopic (exact) mass is 536 g/mol. The summed E-state index contributed by atoms with van der Waals surface area (Å²) in [5.74, 6) is 1.54. The van der Waals surface area contributed by atoms with Crippen molar-refractivity contribution in [1.29, 1.82) is 5.26 Å². The Labute approximate surface area is 228 Å². The van der Waals surface area contributed by atoms with E-state index in [0.29, 0.717) is 40.9 Å². The minimum absolute atomic E-state index is 0.387. The topological polar surface area (TPSA) is 77.4 Å². The molecule has 4 rings (SSSR count). The molecule has 6 nitrogen and oxygen atoms in total. The van der Waals surface area contributed by atoms with E-state index in [2.05, 4.69) is 27.7 Å². The van der Waals surface area contributed by atoms with Gasteiger partial charge in [0, 0.05) is 18.8 Å². The van der Waals surface area contributed by atoms with Gasteiger partial charge in [-0.25, -0.2) is 0 Å². The number of carbonyl (C=O) groups is 1. The number of rotatable bonds is 11. The van der Waals surface area contributed by atoms with Gasteiger partial charge in [0.2, 0.25) is 0 Å². The standard InChI is InChI=1S/C29H30Cl2N4O2/c1-29(2,19-36)35(28(21-4-5-21)34-24-8-6-23(18-32)25(30)17-24)14-3-15-37-27-9-7-22(16-26(27)31)20-10-12-33-13-11-20/h6-12,16-17,19,33-34H,3-5,13-15H2,1-2H3. The first-order chi connectivity index (χ1) is 17.8. The van der Waals surface area contributed by atoms with Gasteiger partial charge in [-0.05, 0) is 92.4 Å². The molecule has 1 aliphatic carbocycles. The number of nitriles is 1. The van der Waals surface area contributed by atoms with E-state index in [-0.39, 0.29) is 0 Å². The van der Waals surface area contributed by atoms with E-state index < -0.39 is 5.54 Å². The second-order valence-electron chi connectivity index (χ2n) is 9.56. The van der Waals surface area contributed by atoms with Gasteiger partial charge < -0.3 is 25.1 Å². The summed E-state index contributed by atoms with van der Waals surface area (Å²) in [6.45, 7) is 5.64. The molecule has 1 saturated carbocycles. The predicted molar refractivity (Wildman–Crippen MR) is 150 cm³/mol. The number of ether oxygens (including phenoxy) is 1. The maximum atomic E-state index is 12.1. The first-order valence-corrected chi connectivity index (χ1v) is 13.0. The van der Waals surface area contributed by atoms with Crippen LogP contribution in [0.4, 0.5) is 5.69 Å². The highest BCUT2D eigenvalue weighted by atomic mass is 35.5. The van der Waals surface area contributed by atoms with E-state index in [1.807, 2.05) is 50.4 Å². The third-order valence-corrected chi connectivity index (χ3v) is 6.92. The van der Waals surface area contributed by atoms with Crippen molar-refractivity contribution in [1.82, 2.24) is 10.2 Å². The van der Waals surface area contributed by atoms with Crippen molar-refractivity contribution in [2.75, 3.05) is 25.0 Å². The summed E-state index contributed by atoms with van der Waals surface area (Å²) in [5, 5.41) is 16.7. The molecule has 2 aromatic carbocycles. The van der Waals surface area contributed by atoms with E-state index in [4.69, 9.17) is 27.9 Å². The van der Waals surface area contributed by atoms with Crippen LogP contribution in [0, 0.1) is 11.3 Å². The summed E-state index contributed by atoms with van der Waals surface area (Å²) < 4.78 is 6.01. The Kier molecular flexibility index (Phi) is 8.48. The summed E-state index contributed by atoms with van der Waals surface area (Å²) in [7, 11) is 0. The van der Waals surface area contributed by atoms with Gasteiger partial charge in [-0.1, -0.05) is 35.3 Å². The van der Waals surface area contributed by atoms with Gasteiger partial charge in [0.05, 0.1) is 27.8 Å². The summed E-state index contributed by atoms with van der Waals surface area (Å²) in [5.41, 5.74) is 3.87. The third kappa shape index (κ3) is 6.68. The number of nitrogens with one attached hydrogen (secondary N) is 2. The molecule has 8 heteroatoms. The van der Waals surface area contributed by atoms with E-state index >= 15 is 0 Å². The highest BCUT2D eigenvalue weighted by Crippen LogP contribution is 2.37. The predicted octanol–water partition coefficient (Wildman–Crippen LogP) is 6.53. The van der Waals surface area contributed by atoms with Crippen molar-refractivity contribution in [3.05, 3.63) is 87.3 Å². The molecule has 192 valence electrons. The van der Waals surface area contributed by atoms with Gasteiger partial charge in [0.25, 0.3) is 0 Å². The van der Waals surface area contributed by atoms with E-state index in [9.17, 15) is 10.1 Å². The fourth-order valence-electron chi connectivity index (χ4n) is 4.09. The number of carbonyl (C=O) groups excluding carboxylic acids is 1. The van der Waals surface area contributed by atoms with Crippen molar-refractivity contribution in [3.8, 4) is 11.8 Å². The maximum absolute atomic E-state index is 12.1. The molecule has 37 heavy (non-hydrogen) atoms. The van der Waals surface area contributed by atoms with Gasteiger partial charge in [0.15, 0.2) is 0 Å². The molecule has 1 aliphatic heterocycles. The normalized spacial score (nSPS) is 14.2. The van der Waals surface area contributed by atoms with Crippen LogP contribution >= 0.6 is 23.2 Å². The van der Waals surface area contributed by atoms with Crippen molar-refractivity contribution < 1.29 is 9.53 Å². The number of hydrogen-bond donors (Lipinski definition) is 2. The number of hydrogen-bond acceptors (Lipinski definition) is 6. The lowest BCUT2D eigenvalue weighted by molar-refractivity contribution is -0.115. The molecule has 1 heterocycles. The minimum atomic E-state index is -0.732. The molecule has 2 N–H and O–H groups in total. The van der Waals surface area contributed by atoms with Crippen LogP contribution in [-0.2, 0) is 4.79 Å². The van der Waals surface area contributed by atoms with Gasteiger partial charge in [-0.2, -0.15) is 5.26 Å². The van der Waals surface area contributed by atoms with Gasteiger partial charge in [-0.15, -0.1) is 0 Å². The molecular weight excluding hydrogens is 507 g/mol.